The van der Waals surface area contributed by atoms with Crippen LogP contribution in [0.2, 0.25) is 0 Å². The molecule has 1 spiro atoms. The number of hydrogen-bond donors (Lipinski definition) is 2. The third-order valence-corrected chi connectivity index (χ3v) is 9.92. The number of likely N-dealkylation sites (tertiary alicyclic amines) is 1. The van der Waals surface area contributed by atoms with Crippen LogP contribution in [0, 0.1) is 5.92 Å². The largest absolute Gasteiger partial charge is 0.444 e. The van der Waals surface area contributed by atoms with Crippen LogP contribution in [0.4, 0.5) is 21.9 Å². The number of piperidine rings is 3. The number of rotatable bonds is 6. The average Bonchev–Trinajstić information content (AvgIpc) is 3.02. The van der Waals surface area contributed by atoms with Gasteiger partial charge in [0, 0.05) is 69.3 Å². The summed E-state index contributed by atoms with van der Waals surface area (Å²) in [6.45, 7) is 13.4. The Morgan fingerprint density at radius 3 is 2.22 bits per heavy atom. The molecular weight excluding hydrogens is 582 g/mol. The number of carbonyl (C=O) groups excluding carboxylic acids is 3. The van der Waals surface area contributed by atoms with E-state index in [0.29, 0.717) is 18.8 Å². The first kappa shape index (κ1) is 32.3. The summed E-state index contributed by atoms with van der Waals surface area (Å²) in [7, 11) is 0. The molecule has 4 saturated heterocycles. The number of anilines is 3. The maximum Gasteiger partial charge on any atom is 0.412 e. The lowest BCUT2D eigenvalue weighted by molar-refractivity contribution is -0.134. The Hall–Kier alpha value is -3.63. The van der Waals surface area contributed by atoms with Crippen LogP contribution in [0.15, 0.2) is 48.5 Å². The monoisotopic (exact) mass is 631 g/mol. The van der Waals surface area contributed by atoms with Gasteiger partial charge in [-0.05, 0) is 101 Å². The van der Waals surface area contributed by atoms with Crippen LogP contribution in [0.25, 0.3) is 0 Å². The van der Waals surface area contributed by atoms with E-state index in [1.807, 2.05) is 45.0 Å². The predicted octanol–water partition coefficient (Wildman–Crippen LogP) is 5.14. The van der Waals surface area contributed by atoms with Gasteiger partial charge in [0.25, 0.3) is 0 Å². The van der Waals surface area contributed by atoms with Crippen molar-refractivity contribution in [3.05, 3.63) is 54.1 Å². The molecule has 4 aliphatic heterocycles. The fourth-order valence-electron chi connectivity index (χ4n) is 7.36. The molecule has 0 radical (unpaired) electrons. The summed E-state index contributed by atoms with van der Waals surface area (Å²) in [6, 6.07) is 16.4. The van der Waals surface area contributed by atoms with E-state index in [0.717, 1.165) is 76.5 Å². The highest BCUT2D eigenvalue weighted by molar-refractivity contribution is 6.01. The van der Waals surface area contributed by atoms with Crippen molar-refractivity contribution in [2.45, 2.75) is 76.4 Å². The molecule has 2 aromatic carbocycles. The van der Waals surface area contributed by atoms with Crippen molar-refractivity contribution in [2.75, 3.05) is 67.5 Å². The maximum atomic E-state index is 12.3. The van der Waals surface area contributed by atoms with Crippen LogP contribution in [-0.4, -0.2) is 86.4 Å². The molecule has 0 aliphatic carbocycles. The molecule has 3 amide bonds. The second kappa shape index (κ2) is 13.6. The second-order valence-electron chi connectivity index (χ2n) is 14.5. The van der Waals surface area contributed by atoms with Crippen molar-refractivity contribution in [1.82, 2.24) is 10.2 Å². The van der Waals surface area contributed by atoms with Crippen LogP contribution in [0.1, 0.15) is 70.8 Å². The maximum absolute atomic E-state index is 12.3. The van der Waals surface area contributed by atoms with E-state index in [1.165, 1.54) is 24.2 Å². The van der Waals surface area contributed by atoms with Gasteiger partial charge >= 0.3 is 6.09 Å². The molecule has 4 aliphatic rings. The summed E-state index contributed by atoms with van der Waals surface area (Å²) in [4.78, 5) is 43.4. The zero-order valence-electron chi connectivity index (χ0n) is 27.6. The van der Waals surface area contributed by atoms with Gasteiger partial charge < -0.3 is 24.2 Å². The normalized spacial score (nSPS) is 22.9. The number of amides is 3. The van der Waals surface area contributed by atoms with Crippen LogP contribution in [0.5, 0.6) is 0 Å². The third kappa shape index (κ3) is 8.01. The van der Waals surface area contributed by atoms with Crippen LogP contribution < -0.4 is 20.4 Å². The number of benzene rings is 2. The zero-order valence-corrected chi connectivity index (χ0v) is 27.6. The van der Waals surface area contributed by atoms with Crippen LogP contribution >= 0.6 is 0 Å². The molecule has 10 nitrogen and oxygen atoms in total. The molecule has 1 atom stereocenters. The molecule has 2 aromatic rings. The van der Waals surface area contributed by atoms with E-state index in [-0.39, 0.29) is 23.3 Å². The number of carbonyl (C=O) groups is 3. The van der Waals surface area contributed by atoms with Gasteiger partial charge in [-0.3, -0.25) is 20.2 Å². The first-order valence-electron chi connectivity index (χ1n) is 16.9. The first-order chi connectivity index (χ1) is 22.0. The van der Waals surface area contributed by atoms with E-state index in [2.05, 4.69) is 49.6 Å². The Labute approximate surface area is 272 Å². The molecule has 46 heavy (non-hydrogen) atoms. The summed E-state index contributed by atoms with van der Waals surface area (Å²) in [5.74, 6) is 0.0844. The van der Waals surface area contributed by atoms with Gasteiger partial charge in [0.05, 0.1) is 18.1 Å². The van der Waals surface area contributed by atoms with Gasteiger partial charge in [0.2, 0.25) is 11.8 Å². The Bertz CT molecular complexity index is 1370. The van der Waals surface area contributed by atoms with Crippen molar-refractivity contribution in [1.29, 1.82) is 0 Å². The van der Waals surface area contributed by atoms with E-state index in [9.17, 15) is 14.4 Å². The Morgan fingerprint density at radius 1 is 0.913 bits per heavy atom. The van der Waals surface area contributed by atoms with Crippen molar-refractivity contribution < 1.29 is 23.9 Å². The standard InChI is InChI=1S/C36H49N5O5/c1-35(2,3)46-34(44)37-28-6-10-29(11-7-28)40-18-14-26(15-19-40)24-39-20-16-36(17-21-39)25-41(22-23-45-36)30-8-4-27(5-9-30)31-12-13-32(42)38-33(31)43/h4-11,26,31H,12-25H2,1-3H3,(H,37,44)(H,38,42,43). The number of imide groups is 1. The predicted molar refractivity (Wildman–Crippen MR) is 179 cm³/mol. The summed E-state index contributed by atoms with van der Waals surface area (Å²) in [5.41, 5.74) is 3.45. The lowest BCUT2D eigenvalue weighted by Crippen LogP contribution is -2.57. The van der Waals surface area contributed by atoms with Crippen LogP contribution in [-0.2, 0) is 19.1 Å². The van der Waals surface area contributed by atoms with E-state index < -0.39 is 11.7 Å². The molecule has 1 unspecified atom stereocenters. The number of ether oxygens (including phenoxy) is 2. The van der Waals surface area contributed by atoms with Crippen LogP contribution in [0.3, 0.4) is 0 Å². The van der Waals surface area contributed by atoms with Crippen molar-refractivity contribution in [2.24, 2.45) is 5.92 Å². The molecule has 0 bridgehead atoms. The van der Waals surface area contributed by atoms with E-state index in [4.69, 9.17) is 9.47 Å². The second-order valence-corrected chi connectivity index (χ2v) is 14.5. The number of hydrogen-bond acceptors (Lipinski definition) is 8. The molecule has 0 aromatic heterocycles. The smallest absolute Gasteiger partial charge is 0.412 e. The molecule has 0 saturated carbocycles. The van der Waals surface area contributed by atoms with Gasteiger partial charge in [-0.25, -0.2) is 4.79 Å². The minimum absolute atomic E-state index is 0.106. The quantitative estimate of drug-likeness (QED) is 0.423. The fourth-order valence-corrected chi connectivity index (χ4v) is 7.36. The Morgan fingerprint density at radius 2 is 1.57 bits per heavy atom. The van der Waals surface area contributed by atoms with Crippen molar-refractivity contribution in [3.8, 4) is 0 Å². The highest BCUT2D eigenvalue weighted by Gasteiger charge is 2.40. The lowest BCUT2D eigenvalue weighted by atomic mass is 9.87. The van der Waals surface area contributed by atoms with Crippen molar-refractivity contribution in [3.63, 3.8) is 0 Å². The molecule has 4 fully saturated rings. The van der Waals surface area contributed by atoms with Gasteiger partial charge in [-0.15, -0.1) is 0 Å². The molecule has 10 heteroatoms. The molecule has 248 valence electrons. The van der Waals surface area contributed by atoms with E-state index >= 15 is 0 Å². The van der Waals surface area contributed by atoms with E-state index in [1.54, 1.807) is 0 Å². The number of nitrogens with zero attached hydrogens (tertiary/aromatic N) is 3. The third-order valence-electron chi connectivity index (χ3n) is 9.92. The van der Waals surface area contributed by atoms with Gasteiger partial charge in [0.15, 0.2) is 0 Å². The van der Waals surface area contributed by atoms with Crippen molar-refractivity contribution >= 4 is 35.0 Å². The zero-order chi connectivity index (χ0) is 32.3. The molecule has 4 heterocycles. The highest BCUT2D eigenvalue weighted by atomic mass is 16.6. The lowest BCUT2D eigenvalue weighted by Gasteiger charge is -2.48. The minimum Gasteiger partial charge on any atom is -0.444 e. The number of nitrogens with one attached hydrogen (secondary N) is 2. The summed E-state index contributed by atoms with van der Waals surface area (Å²) < 4.78 is 11.8. The van der Waals surface area contributed by atoms with Gasteiger partial charge in [-0.2, -0.15) is 0 Å². The SMILES string of the molecule is CC(C)(C)OC(=O)Nc1ccc(N2CCC(CN3CCC4(CC3)CN(c3ccc(C5CCC(=O)NC5=O)cc3)CCO4)CC2)cc1. The topological polar surface area (TPSA) is 103 Å². The summed E-state index contributed by atoms with van der Waals surface area (Å²) in [6.07, 6.45) is 4.98. The summed E-state index contributed by atoms with van der Waals surface area (Å²) in [5, 5.41) is 5.28. The Balaban J connectivity index is 0.938. The highest BCUT2D eigenvalue weighted by Crippen LogP contribution is 2.34. The number of morpholine rings is 1. The minimum atomic E-state index is -0.522. The van der Waals surface area contributed by atoms with Gasteiger partial charge in [-0.1, -0.05) is 12.1 Å². The van der Waals surface area contributed by atoms with Gasteiger partial charge in [0.1, 0.15) is 5.60 Å². The molecule has 2 N–H and O–H groups in total. The fraction of sp³-hybridized carbons (Fsp3) is 0.583. The average molecular weight is 632 g/mol. The molecule has 6 rings (SSSR count). The Kier molecular flexibility index (Phi) is 9.57. The summed E-state index contributed by atoms with van der Waals surface area (Å²) >= 11 is 0. The first-order valence-corrected chi connectivity index (χ1v) is 16.9. The molecular formula is C36H49N5O5.